The highest BCUT2D eigenvalue weighted by atomic mass is 16.5. The molecule has 0 saturated heterocycles. The molecule has 2 aliphatic rings. The zero-order valence-corrected chi connectivity index (χ0v) is 20.3. The van der Waals surface area contributed by atoms with Crippen LogP contribution in [0.25, 0.3) is 0 Å². The lowest BCUT2D eigenvalue weighted by atomic mass is 9.90. The number of aromatic nitrogens is 4. The predicted molar refractivity (Wildman–Crippen MR) is 137 cm³/mol. The number of nitroso groups, excluding NO2 is 2. The Morgan fingerprint density at radius 1 is 0.611 bits per heavy atom. The van der Waals surface area contributed by atoms with Gasteiger partial charge in [-0.25, -0.2) is 0 Å². The summed E-state index contributed by atoms with van der Waals surface area (Å²) in [6, 6.07) is 0. The monoisotopic (exact) mass is 502 g/mol. The Labute approximate surface area is 208 Å². The molecule has 36 heavy (non-hydrogen) atoms. The first-order chi connectivity index (χ1) is 17.4. The molecule has 196 valence electrons. The third kappa shape index (κ3) is 7.58. The van der Waals surface area contributed by atoms with Gasteiger partial charge < -0.3 is 32.4 Å². The molecule has 8 N–H and O–H groups in total. The normalized spacial score (nSPS) is 16.4. The zero-order chi connectivity index (χ0) is 25.9. The van der Waals surface area contributed by atoms with Crippen LogP contribution in [0.3, 0.4) is 0 Å². The topological polar surface area (TPSA) is 233 Å². The molecule has 0 unspecified atom stereocenters. The molecular weight excluding hydrogens is 468 g/mol. The van der Waals surface area contributed by atoms with Crippen LogP contribution in [-0.2, 0) is 0 Å². The number of hydrogen-bond acceptors (Lipinski definition) is 14. The average Bonchev–Trinajstić information content (AvgIpc) is 2.87. The summed E-state index contributed by atoms with van der Waals surface area (Å²) in [4.78, 5) is 36.4. The van der Waals surface area contributed by atoms with Crippen LogP contribution in [-0.4, -0.2) is 33.1 Å². The molecule has 0 aliphatic heterocycles. The largest absolute Gasteiger partial charge is 0.476 e. The minimum absolute atomic E-state index is 0.0152. The predicted octanol–water partition coefficient (Wildman–Crippen LogP) is 4.00. The fourth-order valence-corrected chi connectivity index (χ4v) is 4.41. The third-order valence-corrected chi connectivity index (χ3v) is 6.34. The van der Waals surface area contributed by atoms with E-state index >= 15 is 0 Å². The van der Waals surface area contributed by atoms with Crippen molar-refractivity contribution < 1.29 is 9.47 Å². The lowest BCUT2D eigenvalue weighted by Gasteiger charge is -2.21. The second-order valence-electron chi connectivity index (χ2n) is 9.05. The number of anilines is 4. The van der Waals surface area contributed by atoms with E-state index in [1.165, 1.54) is 38.5 Å². The minimum atomic E-state index is -0.0694. The molecule has 2 fully saturated rings. The highest BCUT2D eigenvalue weighted by Gasteiger charge is 2.19. The molecule has 4 rings (SSSR count). The standard InChI is InChI=1S/2C11H17N5O2/c2*12-9-8(16-17)10(15-11(13)14-9)18-6-7-4-2-1-3-5-7/h2*7H,1-6H2,(H4,12,13,14,15). The van der Waals surface area contributed by atoms with Crippen LogP contribution in [0.2, 0.25) is 0 Å². The molecular formula is C22H34N10O4. The Morgan fingerprint density at radius 2 is 0.972 bits per heavy atom. The molecule has 2 aromatic rings. The first-order valence-electron chi connectivity index (χ1n) is 12.2. The Kier molecular flexibility index (Phi) is 9.89. The Bertz CT molecular complexity index is 945. The van der Waals surface area contributed by atoms with E-state index in [2.05, 4.69) is 30.3 Å². The van der Waals surface area contributed by atoms with E-state index in [-0.39, 0.29) is 46.7 Å². The molecule has 2 saturated carbocycles. The highest BCUT2D eigenvalue weighted by Crippen LogP contribution is 2.33. The van der Waals surface area contributed by atoms with Gasteiger partial charge in [0.05, 0.1) is 13.2 Å². The summed E-state index contributed by atoms with van der Waals surface area (Å²) in [5.41, 5.74) is 21.9. The number of hydrogen-bond donors (Lipinski definition) is 4. The second kappa shape index (κ2) is 13.3. The van der Waals surface area contributed by atoms with Crippen molar-refractivity contribution in [1.29, 1.82) is 0 Å². The van der Waals surface area contributed by atoms with Gasteiger partial charge in [0.1, 0.15) is 0 Å². The van der Waals surface area contributed by atoms with Gasteiger partial charge in [-0.1, -0.05) is 38.5 Å². The van der Waals surface area contributed by atoms with E-state index in [1.807, 2.05) is 0 Å². The lowest BCUT2D eigenvalue weighted by molar-refractivity contribution is 0.203. The van der Waals surface area contributed by atoms with Crippen molar-refractivity contribution in [3.63, 3.8) is 0 Å². The first kappa shape index (κ1) is 26.8. The Hall–Kier alpha value is -3.84. The van der Waals surface area contributed by atoms with E-state index in [9.17, 15) is 9.81 Å². The van der Waals surface area contributed by atoms with Crippen LogP contribution in [0.1, 0.15) is 64.2 Å². The van der Waals surface area contributed by atoms with Crippen LogP contribution >= 0.6 is 0 Å². The Morgan fingerprint density at radius 3 is 1.31 bits per heavy atom. The summed E-state index contributed by atoms with van der Waals surface area (Å²) >= 11 is 0. The van der Waals surface area contributed by atoms with Crippen molar-refractivity contribution in [1.82, 2.24) is 19.9 Å². The van der Waals surface area contributed by atoms with Crippen molar-refractivity contribution in [3.05, 3.63) is 9.81 Å². The van der Waals surface area contributed by atoms with Crippen molar-refractivity contribution in [2.24, 2.45) is 22.2 Å². The van der Waals surface area contributed by atoms with Crippen molar-refractivity contribution in [2.75, 3.05) is 36.1 Å². The number of nitrogens with two attached hydrogens (primary N) is 4. The summed E-state index contributed by atoms with van der Waals surface area (Å²) in [5.74, 6) is 1.04. The van der Waals surface area contributed by atoms with E-state index in [4.69, 9.17) is 32.4 Å². The van der Waals surface area contributed by atoms with Gasteiger partial charge in [-0.15, -0.1) is 9.81 Å². The van der Waals surface area contributed by atoms with Crippen molar-refractivity contribution in [3.8, 4) is 11.8 Å². The van der Waals surface area contributed by atoms with Crippen LogP contribution in [0.4, 0.5) is 34.9 Å². The van der Waals surface area contributed by atoms with Gasteiger partial charge in [0, 0.05) is 0 Å². The van der Waals surface area contributed by atoms with Gasteiger partial charge in [0.25, 0.3) is 11.8 Å². The fraction of sp³-hybridized carbons (Fsp3) is 0.636. The molecule has 0 radical (unpaired) electrons. The van der Waals surface area contributed by atoms with Crippen molar-refractivity contribution >= 4 is 34.9 Å². The van der Waals surface area contributed by atoms with E-state index in [1.54, 1.807) is 0 Å². The molecule has 0 aromatic carbocycles. The maximum Gasteiger partial charge on any atom is 0.250 e. The minimum Gasteiger partial charge on any atom is -0.476 e. The zero-order valence-electron chi connectivity index (χ0n) is 20.3. The molecule has 0 atom stereocenters. The van der Waals surface area contributed by atoms with E-state index in [0.29, 0.717) is 25.0 Å². The molecule has 0 bridgehead atoms. The van der Waals surface area contributed by atoms with Gasteiger partial charge in [-0.05, 0) is 47.9 Å². The number of nitrogen functional groups attached to an aromatic ring is 4. The summed E-state index contributed by atoms with van der Waals surface area (Å²) in [6.07, 6.45) is 12.0. The summed E-state index contributed by atoms with van der Waals surface area (Å²) in [7, 11) is 0. The van der Waals surface area contributed by atoms with Crippen LogP contribution < -0.4 is 32.4 Å². The number of ether oxygens (including phenoxy) is 2. The van der Waals surface area contributed by atoms with Gasteiger partial charge >= 0.3 is 0 Å². The molecule has 2 aliphatic carbocycles. The Balaban J connectivity index is 0.000000201. The third-order valence-electron chi connectivity index (χ3n) is 6.34. The van der Waals surface area contributed by atoms with Gasteiger partial charge in [-0.2, -0.15) is 19.9 Å². The van der Waals surface area contributed by atoms with Crippen LogP contribution in [0.15, 0.2) is 10.4 Å². The molecule has 14 heteroatoms. The SMILES string of the molecule is Nc1nc(N)c(N=O)c(OCC2CCCCC2)n1.Nc1nc(N)c(N=O)c(OCC2CCCCC2)n1. The van der Waals surface area contributed by atoms with Gasteiger partial charge in [-0.3, -0.25) is 0 Å². The maximum atomic E-state index is 10.7. The number of rotatable bonds is 8. The fourth-order valence-electron chi connectivity index (χ4n) is 4.41. The van der Waals surface area contributed by atoms with E-state index in [0.717, 1.165) is 25.7 Å². The first-order valence-corrected chi connectivity index (χ1v) is 12.2. The summed E-state index contributed by atoms with van der Waals surface area (Å²) in [6.45, 7) is 1.02. The smallest absolute Gasteiger partial charge is 0.250 e. The quantitative estimate of drug-likeness (QED) is 0.375. The van der Waals surface area contributed by atoms with E-state index < -0.39 is 0 Å². The van der Waals surface area contributed by atoms with Gasteiger partial charge in [0.2, 0.25) is 23.3 Å². The molecule has 2 heterocycles. The summed E-state index contributed by atoms with van der Waals surface area (Å²) < 4.78 is 11.0. The summed E-state index contributed by atoms with van der Waals surface area (Å²) in [5, 5.41) is 5.59. The van der Waals surface area contributed by atoms with Crippen LogP contribution in [0.5, 0.6) is 11.8 Å². The molecule has 14 nitrogen and oxygen atoms in total. The molecule has 0 amide bonds. The van der Waals surface area contributed by atoms with Gasteiger partial charge in [0.15, 0.2) is 11.6 Å². The maximum absolute atomic E-state index is 10.7. The average molecular weight is 503 g/mol. The molecule has 0 spiro atoms. The molecule has 2 aromatic heterocycles. The number of nitrogens with zero attached hydrogens (tertiary/aromatic N) is 6. The second-order valence-corrected chi connectivity index (χ2v) is 9.05. The van der Waals surface area contributed by atoms with Crippen LogP contribution in [0, 0.1) is 21.6 Å². The lowest BCUT2D eigenvalue weighted by Crippen LogP contribution is -2.16. The van der Waals surface area contributed by atoms with Crippen molar-refractivity contribution in [2.45, 2.75) is 64.2 Å². The highest BCUT2D eigenvalue weighted by molar-refractivity contribution is 5.65.